The summed E-state index contributed by atoms with van der Waals surface area (Å²) in [6.07, 6.45) is -0.797. The number of carbonyl (C=O) groups excluding carboxylic acids is 3. The Kier molecular flexibility index (Phi) is 4.52. The lowest BCUT2D eigenvalue weighted by Gasteiger charge is -2.28. The highest BCUT2D eigenvalue weighted by molar-refractivity contribution is 6.04. The number of hydrogen-bond donors (Lipinski definition) is 0. The van der Waals surface area contributed by atoms with Crippen molar-refractivity contribution in [2.75, 3.05) is 26.8 Å². The first-order valence-electron chi connectivity index (χ1n) is 8.41. The molecule has 0 saturated carbocycles. The normalized spacial score (nSPS) is 19.2. The molecule has 140 valence electrons. The van der Waals surface area contributed by atoms with E-state index in [0.717, 1.165) is 10.5 Å². The number of imide groups is 1. The van der Waals surface area contributed by atoms with Gasteiger partial charge in [-0.1, -0.05) is 6.07 Å². The molecule has 2 heterocycles. The fraction of sp³-hybridized carbons (Fsp3) is 0.500. The van der Waals surface area contributed by atoms with E-state index in [1.807, 2.05) is 25.1 Å². The van der Waals surface area contributed by atoms with Crippen molar-refractivity contribution in [3.8, 4) is 11.5 Å². The highest BCUT2D eigenvalue weighted by Gasteiger charge is 2.48. The van der Waals surface area contributed by atoms with Crippen LogP contribution >= 0.6 is 0 Å². The first-order chi connectivity index (χ1) is 12.2. The molecular weight excluding hydrogens is 340 g/mol. The minimum absolute atomic E-state index is 0.278. The van der Waals surface area contributed by atoms with Crippen molar-refractivity contribution in [3.63, 3.8) is 0 Å². The highest BCUT2D eigenvalue weighted by Crippen LogP contribution is 2.34. The molecule has 2 aliphatic rings. The van der Waals surface area contributed by atoms with Gasteiger partial charge in [0.15, 0.2) is 17.1 Å². The molecule has 1 aromatic carbocycles. The number of carbonyl (C=O) groups is 3. The van der Waals surface area contributed by atoms with Gasteiger partial charge >= 0.3 is 6.09 Å². The number of fused-ring (bicyclic) bond motifs is 1. The maximum atomic E-state index is 12.6. The molecule has 26 heavy (non-hydrogen) atoms. The molecule has 3 rings (SSSR count). The van der Waals surface area contributed by atoms with Gasteiger partial charge < -0.3 is 19.1 Å². The third-order valence-corrected chi connectivity index (χ3v) is 4.64. The molecule has 8 heteroatoms. The van der Waals surface area contributed by atoms with Crippen molar-refractivity contribution in [1.82, 2.24) is 9.80 Å². The molecule has 3 amide bonds. The van der Waals surface area contributed by atoms with Gasteiger partial charge in [-0.25, -0.2) is 9.69 Å². The largest absolute Gasteiger partial charge is 0.486 e. The van der Waals surface area contributed by atoms with Gasteiger partial charge in [-0.05, 0) is 38.5 Å². The van der Waals surface area contributed by atoms with E-state index in [-0.39, 0.29) is 18.5 Å². The van der Waals surface area contributed by atoms with Crippen molar-refractivity contribution in [3.05, 3.63) is 23.8 Å². The van der Waals surface area contributed by atoms with Crippen LogP contribution in [-0.4, -0.2) is 60.1 Å². The maximum Gasteiger partial charge on any atom is 0.418 e. The van der Waals surface area contributed by atoms with E-state index in [1.165, 1.54) is 18.7 Å². The van der Waals surface area contributed by atoms with E-state index in [4.69, 9.17) is 14.2 Å². The van der Waals surface area contributed by atoms with Crippen LogP contribution in [0.1, 0.15) is 32.4 Å². The minimum atomic E-state index is -1.24. The third kappa shape index (κ3) is 3.18. The second-order valence-corrected chi connectivity index (χ2v) is 6.85. The number of hydrogen-bond acceptors (Lipinski definition) is 6. The average Bonchev–Trinajstić information content (AvgIpc) is 2.81. The Hall–Kier alpha value is -2.77. The Morgan fingerprint density at radius 1 is 1.23 bits per heavy atom. The number of benzene rings is 1. The molecule has 1 aromatic rings. The van der Waals surface area contributed by atoms with Gasteiger partial charge in [0.05, 0.1) is 6.04 Å². The fourth-order valence-corrected chi connectivity index (χ4v) is 2.87. The monoisotopic (exact) mass is 362 g/mol. The summed E-state index contributed by atoms with van der Waals surface area (Å²) in [5, 5.41) is 0. The Morgan fingerprint density at radius 2 is 1.88 bits per heavy atom. The van der Waals surface area contributed by atoms with Crippen molar-refractivity contribution >= 4 is 17.9 Å². The van der Waals surface area contributed by atoms with Crippen molar-refractivity contribution in [1.29, 1.82) is 0 Å². The predicted octanol–water partition coefficient (Wildman–Crippen LogP) is 1.73. The molecule has 0 aliphatic carbocycles. The van der Waals surface area contributed by atoms with E-state index >= 15 is 0 Å². The van der Waals surface area contributed by atoms with Crippen LogP contribution in [0.5, 0.6) is 11.5 Å². The fourth-order valence-electron chi connectivity index (χ4n) is 2.87. The topological polar surface area (TPSA) is 85.4 Å². The van der Waals surface area contributed by atoms with Crippen LogP contribution in [0, 0.1) is 0 Å². The van der Waals surface area contributed by atoms with Crippen molar-refractivity contribution < 1.29 is 28.6 Å². The third-order valence-electron chi connectivity index (χ3n) is 4.64. The van der Waals surface area contributed by atoms with Crippen molar-refractivity contribution in [2.45, 2.75) is 32.4 Å². The van der Waals surface area contributed by atoms with Gasteiger partial charge in [0.25, 0.3) is 5.91 Å². The molecule has 0 radical (unpaired) electrons. The lowest BCUT2D eigenvalue weighted by molar-refractivity contribution is -0.140. The summed E-state index contributed by atoms with van der Waals surface area (Å²) in [5.74, 6) is 0.432. The van der Waals surface area contributed by atoms with Gasteiger partial charge in [0, 0.05) is 7.05 Å². The first kappa shape index (κ1) is 18.0. The van der Waals surface area contributed by atoms with Gasteiger partial charge in [-0.3, -0.25) is 9.59 Å². The Balaban J connectivity index is 1.70. The van der Waals surface area contributed by atoms with Gasteiger partial charge in [-0.2, -0.15) is 0 Å². The van der Waals surface area contributed by atoms with E-state index in [1.54, 1.807) is 7.05 Å². The second-order valence-electron chi connectivity index (χ2n) is 6.85. The van der Waals surface area contributed by atoms with E-state index in [0.29, 0.717) is 24.7 Å². The SMILES string of the molecule is CC(c1ccc2c(c1)OCCO2)N(C)C(=O)CN1C(=O)OC(C)(C)C1=O. The molecule has 0 N–H and O–H groups in total. The summed E-state index contributed by atoms with van der Waals surface area (Å²) >= 11 is 0. The van der Waals surface area contributed by atoms with Crippen LogP contribution in [0.2, 0.25) is 0 Å². The smallest absolute Gasteiger partial charge is 0.418 e. The van der Waals surface area contributed by atoms with E-state index in [9.17, 15) is 14.4 Å². The number of likely N-dealkylation sites (N-methyl/N-ethyl adjacent to an activating group) is 1. The van der Waals surface area contributed by atoms with Gasteiger partial charge in [0.2, 0.25) is 5.91 Å². The molecule has 1 saturated heterocycles. The lowest BCUT2D eigenvalue weighted by atomic mass is 10.1. The second kappa shape index (κ2) is 6.51. The molecule has 2 aliphatic heterocycles. The number of amides is 3. The molecule has 1 fully saturated rings. The van der Waals surface area contributed by atoms with Crippen LogP contribution in [0.15, 0.2) is 18.2 Å². The molecule has 0 bridgehead atoms. The number of nitrogens with zero attached hydrogens (tertiary/aromatic N) is 2. The predicted molar refractivity (Wildman–Crippen MR) is 90.9 cm³/mol. The highest BCUT2D eigenvalue weighted by atomic mass is 16.6. The zero-order chi connectivity index (χ0) is 19.1. The Labute approximate surface area is 151 Å². The van der Waals surface area contributed by atoms with Crippen LogP contribution in [0.4, 0.5) is 4.79 Å². The van der Waals surface area contributed by atoms with Crippen LogP contribution in [0.3, 0.4) is 0 Å². The number of ether oxygens (including phenoxy) is 3. The van der Waals surface area contributed by atoms with Crippen LogP contribution in [-0.2, 0) is 14.3 Å². The summed E-state index contributed by atoms with van der Waals surface area (Å²) in [5.41, 5.74) is -0.377. The zero-order valence-electron chi connectivity index (χ0n) is 15.3. The summed E-state index contributed by atoms with van der Waals surface area (Å²) < 4.78 is 16.1. The Morgan fingerprint density at radius 3 is 2.50 bits per heavy atom. The van der Waals surface area contributed by atoms with Gasteiger partial charge in [0.1, 0.15) is 19.8 Å². The van der Waals surface area contributed by atoms with E-state index < -0.39 is 17.6 Å². The molecule has 1 unspecified atom stereocenters. The summed E-state index contributed by atoms with van der Waals surface area (Å²) in [6.45, 7) is 5.49. The summed E-state index contributed by atoms with van der Waals surface area (Å²) in [4.78, 5) is 38.9. The molecule has 8 nitrogen and oxygen atoms in total. The minimum Gasteiger partial charge on any atom is -0.486 e. The maximum absolute atomic E-state index is 12.6. The zero-order valence-corrected chi connectivity index (χ0v) is 15.3. The lowest BCUT2D eigenvalue weighted by Crippen LogP contribution is -2.43. The van der Waals surface area contributed by atoms with Crippen LogP contribution < -0.4 is 9.47 Å². The Bertz CT molecular complexity index is 760. The number of cyclic esters (lactones) is 1. The number of rotatable bonds is 4. The van der Waals surface area contributed by atoms with Gasteiger partial charge in [-0.15, -0.1) is 0 Å². The van der Waals surface area contributed by atoms with Crippen LogP contribution in [0.25, 0.3) is 0 Å². The van der Waals surface area contributed by atoms with E-state index in [2.05, 4.69) is 0 Å². The standard InChI is InChI=1S/C18H22N2O6/c1-11(12-5-6-13-14(9-12)25-8-7-24-13)19(4)15(21)10-20-16(22)18(2,3)26-17(20)23/h5-6,9,11H,7-8,10H2,1-4H3. The molecule has 0 spiro atoms. The molecular formula is C18H22N2O6. The van der Waals surface area contributed by atoms with Crippen molar-refractivity contribution in [2.24, 2.45) is 0 Å². The average molecular weight is 362 g/mol. The molecule has 0 aromatic heterocycles. The summed E-state index contributed by atoms with van der Waals surface area (Å²) in [6, 6.07) is 5.23. The first-order valence-corrected chi connectivity index (χ1v) is 8.41. The summed E-state index contributed by atoms with van der Waals surface area (Å²) in [7, 11) is 1.63. The molecule has 1 atom stereocenters. The quantitative estimate of drug-likeness (QED) is 0.811.